The molecule has 0 aromatic carbocycles. The van der Waals surface area contributed by atoms with E-state index in [0.717, 1.165) is 13.0 Å². The molecule has 0 unspecified atom stereocenters. The summed E-state index contributed by atoms with van der Waals surface area (Å²) in [6.07, 6.45) is 0.993. The standard InChI is InChI=1S/C10H15ClO2S/c11-4-6-13-8-7-12-5-3-10-2-1-9-14-10/h1-2,9H,3-8H2. The smallest absolute Gasteiger partial charge is 0.0701 e. The minimum atomic E-state index is 0.551. The molecule has 0 atom stereocenters. The molecule has 14 heavy (non-hydrogen) atoms. The normalized spacial score (nSPS) is 10.6. The molecule has 0 saturated carbocycles. The highest BCUT2D eigenvalue weighted by Crippen LogP contribution is 2.08. The van der Waals surface area contributed by atoms with Gasteiger partial charge in [-0.1, -0.05) is 6.07 Å². The molecule has 0 saturated heterocycles. The zero-order valence-corrected chi connectivity index (χ0v) is 9.65. The van der Waals surface area contributed by atoms with Crippen LogP contribution in [-0.2, 0) is 15.9 Å². The Balaban J connectivity index is 1.85. The van der Waals surface area contributed by atoms with E-state index in [9.17, 15) is 0 Å². The highest BCUT2D eigenvalue weighted by Gasteiger charge is 1.93. The monoisotopic (exact) mass is 234 g/mol. The average Bonchev–Trinajstić information content (AvgIpc) is 2.69. The molecular formula is C10H15ClO2S. The highest BCUT2D eigenvalue weighted by atomic mass is 35.5. The Kier molecular flexibility index (Phi) is 7.05. The van der Waals surface area contributed by atoms with Crippen molar-refractivity contribution in [3.63, 3.8) is 0 Å². The van der Waals surface area contributed by atoms with Crippen LogP contribution in [0.1, 0.15) is 4.88 Å². The highest BCUT2D eigenvalue weighted by molar-refractivity contribution is 7.09. The lowest BCUT2D eigenvalue weighted by Crippen LogP contribution is -2.07. The number of halogens is 1. The molecule has 0 bridgehead atoms. The molecule has 0 radical (unpaired) electrons. The first-order valence-corrected chi connectivity index (χ1v) is 6.08. The quantitative estimate of drug-likeness (QED) is 0.509. The van der Waals surface area contributed by atoms with Crippen LogP contribution in [0.4, 0.5) is 0 Å². The topological polar surface area (TPSA) is 18.5 Å². The Labute approximate surface area is 93.8 Å². The van der Waals surface area contributed by atoms with E-state index in [1.54, 1.807) is 11.3 Å². The molecule has 1 aromatic rings. The molecule has 0 aliphatic carbocycles. The molecule has 1 heterocycles. The van der Waals surface area contributed by atoms with Gasteiger partial charge in [-0.05, 0) is 11.4 Å². The first kappa shape index (κ1) is 12.0. The minimum absolute atomic E-state index is 0.551. The summed E-state index contributed by atoms with van der Waals surface area (Å²) in [7, 11) is 0. The number of thiophene rings is 1. The molecule has 1 rings (SSSR count). The lowest BCUT2D eigenvalue weighted by Gasteiger charge is -2.03. The first-order chi connectivity index (χ1) is 6.93. The van der Waals surface area contributed by atoms with Crippen LogP contribution in [0.15, 0.2) is 17.5 Å². The summed E-state index contributed by atoms with van der Waals surface area (Å²) in [5.74, 6) is 0.551. The molecule has 80 valence electrons. The van der Waals surface area contributed by atoms with Crippen molar-refractivity contribution in [1.29, 1.82) is 0 Å². The van der Waals surface area contributed by atoms with Crippen molar-refractivity contribution in [2.45, 2.75) is 6.42 Å². The number of hydrogen-bond acceptors (Lipinski definition) is 3. The Morgan fingerprint density at radius 1 is 1.14 bits per heavy atom. The van der Waals surface area contributed by atoms with Gasteiger partial charge in [-0.3, -0.25) is 0 Å². The van der Waals surface area contributed by atoms with Crippen molar-refractivity contribution in [3.8, 4) is 0 Å². The van der Waals surface area contributed by atoms with Crippen LogP contribution in [-0.4, -0.2) is 32.3 Å². The van der Waals surface area contributed by atoms with E-state index >= 15 is 0 Å². The summed E-state index contributed by atoms with van der Waals surface area (Å²) in [6, 6.07) is 4.18. The molecule has 0 N–H and O–H groups in total. The summed E-state index contributed by atoms with van der Waals surface area (Å²) in [4.78, 5) is 1.37. The van der Waals surface area contributed by atoms with E-state index < -0.39 is 0 Å². The zero-order chi connectivity index (χ0) is 10.1. The van der Waals surface area contributed by atoms with E-state index in [-0.39, 0.29) is 0 Å². The molecule has 0 aliphatic rings. The predicted octanol–water partition coefficient (Wildman–Crippen LogP) is 2.56. The van der Waals surface area contributed by atoms with Crippen molar-refractivity contribution < 1.29 is 9.47 Å². The van der Waals surface area contributed by atoms with Gasteiger partial charge in [-0.2, -0.15) is 0 Å². The third-order valence-electron chi connectivity index (χ3n) is 1.67. The summed E-state index contributed by atoms with van der Waals surface area (Å²) >= 11 is 7.21. The Bertz CT molecular complexity index is 214. The van der Waals surface area contributed by atoms with Crippen molar-refractivity contribution in [3.05, 3.63) is 22.4 Å². The van der Waals surface area contributed by atoms with Crippen LogP contribution < -0.4 is 0 Å². The number of alkyl halides is 1. The second kappa shape index (κ2) is 8.24. The Hall–Kier alpha value is -0.0900. The largest absolute Gasteiger partial charge is 0.379 e. The summed E-state index contributed by atoms with van der Waals surface area (Å²) in [5, 5.41) is 2.08. The van der Waals surface area contributed by atoms with Gasteiger partial charge in [0, 0.05) is 17.2 Å². The summed E-state index contributed by atoms with van der Waals surface area (Å²) in [6.45, 7) is 2.67. The van der Waals surface area contributed by atoms with Crippen molar-refractivity contribution in [2.75, 3.05) is 32.3 Å². The van der Waals surface area contributed by atoms with Crippen LogP contribution in [0.2, 0.25) is 0 Å². The van der Waals surface area contributed by atoms with Gasteiger partial charge in [0.1, 0.15) is 0 Å². The molecule has 4 heteroatoms. The fourth-order valence-corrected chi connectivity index (χ4v) is 1.80. The van der Waals surface area contributed by atoms with Crippen LogP contribution in [0.5, 0.6) is 0 Å². The molecule has 0 spiro atoms. The maximum absolute atomic E-state index is 5.44. The van der Waals surface area contributed by atoms with Gasteiger partial charge in [0.05, 0.1) is 26.4 Å². The fourth-order valence-electron chi connectivity index (χ4n) is 1.00. The third-order valence-corrected chi connectivity index (χ3v) is 2.76. The second-order valence-electron chi connectivity index (χ2n) is 2.74. The van der Waals surface area contributed by atoms with E-state index in [1.165, 1.54) is 4.88 Å². The Morgan fingerprint density at radius 2 is 1.93 bits per heavy atom. The van der Waals surface area contributed by atoms with Crippen molar-refractivity contribution in [2.24, 2.45) is 0 Å². The van der Waals surface area contributed by atoms with E-state index in [1.807, 2.05) is 0 Å². The minimum Gasteiger partial charge on any atom is -0.379 e. The van der Waals surface area contributed by atoms with E-state index in [0.29, 0.717) is 25.7 Å². The van der Waals surface area contributed by atoms with Gasteiger partial charge in [-0.15, -0.1) is 22.9 Å². The van der Waals surface area contributed by atoms with Crippen LogP contribution in [0.25, 0.3) is 0 Å². The zero-order valence-electron chi connectivity index (χ0n) is 8.08. The van der Waals surface area contributed by atoms with Gasteiger partial charge in [0.25, 0.3) is 0 Å². The molecule has 0 amide bonds. The van der Waals surface area contributed by atoms with Gasteiger partial charge in [0.2, 0.25) is 0 Å². The second-order valence-corrected chi connectivity index (χ2v) is 4.15. The molecule has 2 nitrogen and oxygen atoms in total. The maximum atomic E-state index is 5.44. The van der Waals surface area contributed by atoms with Gasteiger partial charge < -0.3 is 9.47 Å². The van der Waals surface area contributed by atoms with Crippen molar-refractivity contribution >= 4 is 22.9 Å². The number of hydrogen-bond donors (Lipinski definition) is 0. The molecular weight excluding hydrogens is 220 g/mol. The van der Waals surface area contributed by atoms with Crippen LogP contribution in [0, 0.1) is 0 Å². The van der Waals surface area contributed by atoms with Crippen LogP contribution >= 0.6 is 22.9 Å². The lowest BCUT2D eigenvalue weighted by atomic mass is 10.4. The SMILES string of the molecule is ClCCOCCOCCc1cccs1. The lowest BCUT2D eigenvalue weighted by molar-refractivity contribution is 0.0550. The third kappa shape index (κ3) is 5.60. The van der Waals surface area contributed by atoms with Gasteiger partial charge in [-0.25, -0.2) is 0 Å². The molecule has 0 fully saturated rings. The maximum Gasteiger partial charge on any atom is 0.0701 e. The van der Waals surface area contributed by atoms with E-state index in [4.69, 9.17) is 21.1 Å². The fraction of sp³-hybridized carbons (Fsp3) is 0.600. The van der Waals surface area contributed by atoms with Gasteiger partial charge in [0.15, 0.2) is 0 Å². The first-order valence-electron chi connectivity index (χ1n) is 4.67. The number of rotatable bonds is 8. The summed E-state index contributed by atoms with van der Waals surface area (Å²) in [5.41, 5.74) is 0. The predicted molar refractivity (Wildman–Crippen MR) is 60.4 cm³/mol. The molecule has 0 aliphatic heterocycles. The average molecular weight is 235 g/mol. The summed E-state index contributed by atoms with van der Waals surface area (Å²) < 4.78 is 10.6. The van der Waals surface area contributed by atoms with Crippen molar-refractivity contribution in [1.82, 2.24) is 0 Å². The van der Waals surface area contributed by atoms with Crippen LogP contribution in [0.3, 0.4) is 0 Å². The van der Waals surface area contributed by atoms with E-state index in [2.05, 4.69) is 17.5 Å². The van der Waals surface area contributed by atoms with Gasteiger partial charge >= 0.3 is 0 Å². The number of ether oxygens (including phenoxy) is 2. The molecule has 1 aromatic heterocycles. The Morgan fingerprint density at radius 3 is 2.57 bits per heavy atom.